The van der Waals surface area contributed by atoms with Crippen LogP contribution in [0.5, 0.6) is 0 Å². The molecule has 0 aliphatic carbocycles. The van der Waals surface area contributed by atoms with Crippen LogP contribution >= 0.6 is 0 Å². The van der Waals surface area contributed by atoms with E-state index >= 15 is 0 Å². The van der Waals surface area contributed by atoms with E-state index in [9.17, 15) is 4.79 Å². The van der Waals surface area contributed by atoms with Crippen LogP contribution in [0.25, 0.3) is 5.69 Å². The van der Waals surface area contributed by atoms with E-state index in [-0.39, 0.29) is 5.91 Å². The van der Waals surface area contributed by atoms with Crippen LogP contribution in [0.2, 0.25) is 0 Å². The van der Waals surface area contributed by atoms with Crippen LogP contribution in [0.15, 0.2) is 30.3 Å². The van der Waals surface area contributed by atoms with Crippen molar-refractivity contribution in [3.63, 3.8) is 0 Å². The van der Waals surface area contributed by atoms with E-state index in [2.05, 4.69) is 22.7 Å². The Balaban J connectivity index is 2.08. The number of rotatable bonds is 7. The van der Waals surface area contributed by atoms with Gasteiger partial charge < -0.3 is 10.6 Å². The van der Waals surface area contributed by atoms with Crippen molar-refractivity contribution in [2.24, 2.45) is 0 Å². The van der Waals surface area contributed by atoms with Crippen LogP contribution < -0.4 is 10.6 Å². The van der Waals surface area contributed by atoms with Crippen molar-refractivity contribution in [2.45, 2.75) is 27.2 Å². The standard InChI is InChI=1S/C17H24N4O/c1-4-10-18-11-12-19-17(22)16-13(2)20-21(14(16)3)15-8-6-5-7-9-15/h5-9,18H,4,10-12H2,1-3H3,(H,19,22). The molecular weight excluding hydrogens is 276 g/mol. The molecule has 0 aliphatic heterocycles. The Labute approximate surface area is 131 Å². The molecule has 22 heavy (non-hydrogen) atoms. The lowest BCUT2D eigenvalue weighted by molar-refractivity contribution is 0.0952. The van der Waals surface area contributed by atoms with E-state index in [0.29, 0.717) is 12.1 Å². The number of benzene rings is 1. The highest BCUT2D eigenvalue weighted by Gasteiger charge is 2.18. The lowest BCUT2D eigenvalue weighted by Gasteiger charge is -2.07. The smallest absolute Gasteiger partial charge is 0.255 e. The van der Waals surface area contributed by atoms with Crippen molar-refractivity contribution >= 4 is 5.91 Å². The number of para-hydroxylation sites is 1. The van der Waals surface area contributed by atoms with Gasteiger partial charge in [-0.2, -0.15) is 5.10 Å². The van der Waals surface area contributed by atoms with Gasteiger partial charge in [0.1, 0.15) is 0 Å². The number of nitrogens with zero attached hydrogens (tertiary/aromatic N) is 2. The zero-order chi connectivity index (χ0) is 15.9. The van der Waals surface area contributed by atoms with Gasteiger partial charge in [0, 0.05) is 13.1 Å². The fraction of sp³-hybridized carbons (Fsp3) is 0.412. The summed E-state index contributed by atoms with van der Waals surface area (Å²) in [4.78, 5) is 12.4. The van der Waals surface area contributed by atoms with Crippen molar-refractivity contribution in [3.8, 4) is 5.69 Å². The van der Waals surface area contributed by atoms with Gasteiger partial charge in [0.25, 0.3) is 5.91 Å². The molecule has 118 valence electrons. The van der Waals surface area contributed by atoms with Crippen LogP contribution in [0.4, 0.5) is 0 Å². The summed E-state index contributed by atoms with van der Waals surface area (Å²) in [6, 6.07) is 9.85. The summed E-state index contributed by atoms with van der Waals surface area (Å²) in [5.74, 6) is -0.0597. The molecule has 2 aromatic rings. The van der Waals surface area contributed by atoms with Gasteiger partial charge in [-0.3, -0.25) is 4.79 Å². The highest BCUT2D eigenvalue weighted by atomic mass is 16.1. The first-order valence-electron chi connectivity index (χ1n) is 7.75. The van der Waals surface area contributed by atoms with Gasteiger partial charge in [0.05, 0.1) is 22.6 Å². The summed E-state index contributed by atoms with van der Waals surface area (Å²) < 4.78 is 1.82. The van der Waals surface area contributed by atoms with Crippen molar-refractivity contribution in [2.75, 3.05) is 19.6 Å². The maximum absolute atomic E-state index is 12.4. The summed E-state index contributed by atoms with van der Waals surface area (Å²) in [6.45, 7) is 8.29. The SMILES string of the molecule is CCCNCCNC(=O)c1c(C)nn(-c2ccccc2)c1C. The molecule has 0 unspecified atom stereocenters. The van der Waals surface area contributed by atoms with Crippen molar-refractivity contribution in [3.05, 3.63) is 47.3 Å². The fourth-order valence-corrected chi connectivity index (χ4v) is 2.45. The van der Waals surface area contributed by atoms with E-state index in [1.165, 1.54) is 0 Å². The second-order valence-electron chi connectivity index (χ2n) is 5.30. The zero-order valence-corrected chi connectivity index (χ0v) is 13.5. The number of carbonyl (C=O) groups is 1. The minimum Gasteiger partial charge on any atom is -0.351 e. The second-order valence-corrected chi connectivity index (χ2v) is 5.30. The molecule has 0 atom stereocenters. The number of hydrogen-bond donors (Lipinski definition) is 2. The molecule has 1 heterocycles. The maximum atomic E-state index is 12.4. The molecule has 0 saturated carbocycles. The Morgan fingerprint density at radius 2 is 1.86 bits per heavy atom. The van der Waals surface area contributed by atoms with Gasteiger partial charge in [0.2, 0.25) is 0 Å². The monoisotopic (exact) mass is 300 g/mol. The van der Waals surface area contributed by atoms with Gasteiger partial charge in [0.15, 0.2) is 0 Å². The fourth-order valence-electron chi connectivity index (χ4n) is 2.45. The predicted molar refractivity (Wildman–Crippen MR) is 88.5 cm³/mol. The van der Waals surface area contributed by atoms with Crippen molar-refractivity contribution < 1.29 is 4.79 Å². The van der Waals surface area contributed by atoms with Crippen LogP contribution in [-0.2, 0) is 0 Å². The van der Waals surface area contributed by atoms with E-state index < -0.39 is 0 Å². The van der Waals surface area contributed by atoms with E-state index in [1.807, 2.05) is 48.9 Å². The third-order valence-corrected chi connectivity index (χ3v) is 3.53. The van der Waals surface area contributed by atoms with E-state index in [1.54, 1.807) is 0 Å². The average molecular weight is 300 g/mol. The number of carbonyl (C=O) groups excluding carboxylic acids is 1. The minimum atomic E-state index is -0.0597. The Hall–Kier alpha value is -2.14. The lowest BCUT2D eigenvalue weighted by Crippen LogP contribution is -2.32. The molecule has 5 heteroatoms. The van der Waals surface area contributed by atoms with Gasteiger partial charge in [-0.15, -0.1) is 0 Å². The first-order valence-corrected chi connectivity index (χ1v) is 7.75. The van der Waals surface area contributed by atoms with Gasteiger partial charge in [-0.05, 0) is 38.9 Å². The molecule has 0 radical (unpaired) electrons. The molecule has 2 N–H and O–H groups in total. The average Bonchev–Trinajstić information content (AvgIpc) is 2.82. The minimum absolute atomic E-state index is 0.0597. The highest BCUT2D eigenvalue weighted by molar-refractivity contribution is 5.96. The molecule has 1 aromatic heterocycles. The molecule has 0 fully saturated rings. The molecule has 0 bridgehead atoms. The quantitative estimate of drug-likeness (QED) is 0.771. The van der Waals surface area contributed by atoms with Crippen LogP contribution in [0.1, 0.15) is 35.1 Å². The van der Waals surface area contributed by atoms with E-state index in [4.69, 9.17) is 0 Å². The highest BCUT2D eigenvalue weighted by Crippen LogP contribution is 2.17. The summed E-state index contributed by atoms with van der Waals surface area (Å²) in [5.41, 5.74) is 3.24. The summed E-state index contributed by atoms with van der Waals surface area (Å²) >= 11 is 0. The Kier molecular flexibility index (Phi) is 5.72. The topological polar surface area (TPSA) is 58.9 Å². The third kappa shape index (κ3) is 3.74. The van der Waals surface area contributed by atoms with Gasteiger partial charge >= 0.3 is 0 Å². The Bertz CT molecular complexity index is 619. The molecule has 0 aliphatic rings. The van der Waals surface area contributed by atoms with Crippen LogP contribution in [0.3, 0.4) is 0 Å². The summed E-state index contributed by atoms with van der Waals surface area (Å²) in [5, 5.41) is 10.7. The van der Waals surface area contributed by atoms with Crippen LogP contribution in [0, 0.1) is 13.8 Å². The summed E-state index contributed by atoms with van der Waals surface area (Å²) in [7, 11) is 0. The first kappa shape index (κ1) is 16.2. The third-order valence-electron chi connectivity index (χ3n) is 3.53. The number of aromatic nitrogens is 2. The van der Waals surface area contributed by atoms with Gasteiger partial charge in [-0.25, -0.2) is 4.68 Å². The number of aryl methyl sites for hydroxylation is 1. The molecular formula is C17H24N4O. The zero-order valence-electron chi connectivity index (χ0n) is 13.5. The Morgan fingerprint density at radius 1 is 1.14 bits per heavy atom. The lowest BCUT2D eigenvalue weighted by atomic mass is 10.2. The van der Waals surface area contributed by atoms with Crippen molar-refractivity contribution in [1.82, 2.24) is 20.4 Å². The second kappa shape index (κ2) is 7.75. The van der Waals surface area contributed by atoms with Crippen molar-refractivity contribution in [1.29, 1.82) is 0 Å². The molecule has 1 amide bonds. The number of hydrogen-bond acceptors (Lipinski definition) is 3. The van der Waals surface area contributed by atoms with Crippen LogP contribution in [-0.4, -0.2) is 35.3 Å². The molecule has 1 aromatic carbocycles. The maximum Gasteiger partial charge on any atom is 0.255 e. The summed E-state index contributed by atoms with van der Waals surface area (Å²) in [6.07, 6.45) is 1.09. The predicted octanol–water partition coefficient (Wildman–Crippen LogP) is 2.22. The Morgan fingerprint density at radius 3 is 2.55 bits per heavy atom. The first-order chi connectivity index (χ1) is 10.6. The van der Waals surface area contributed by atoms with E-state index in [0.717, 1.165) is 36.6 Å². The number of amides is 1. The molecule has 0 spiro atoms. The number of nitrogens with one attached hydrogen (secondary N) is 2. The normalized spacial score (nSPS) is 10.7. The molecule has 0 saturated heterocycles. The molecule has 5 nitrogen and oxygen atoms in total. The van der Waals surface area contributed by atoms with Gasteiger partial charge in [-0.1, -0.05) is 25.1 Å². The molecule has 2 rings (SSSR count). The largest absolute Gasteiger partial charge is 0.351 e.